The zero-order valence-corrected chi connectivity index (χ0v) is 13.8. The van der Waals surface area contributed by atoms with Gasteiger partial charge in [0, 0.05) is 52.4 Å². The highest BCUT2D eigenvalue weighted by atomic mass is 19.4. The fourth-order valence-electron chi connectivity index (χ4n) is 3.10. The van der Waals surface area contributed by atoms with E-state index >= 15 is 0 Å². The molecule has 0 saturated carbocycles. The van der Waals surface area contributed by atoms with Gasteiger partial charge in [-0.05, 0) is 13.5 Å². The van der Waals surface area contributed by atoms with Crippen molar-refractivity contribution in [1.82, 2.24) is 20.0 Å². The Bertz CT molecular complexity index is 427. The van der Waals surface area contributed by atoms with Crippen molar-refractivity contribution in [3.05, 3.63) is 12.2 Å². The van der Waals surface area contributed by atoms with Gasteiger partial charge in [-0.25, -0.2) is 0 Å². The lowest BCUT2D eigenvalue weighted by Crippen LogP contribution is -2.45. The molecule has 0 aromatic rings. The van der Waals surface area contributed by atoms with E-state index in [0.29, 0.717) is 19.1 Å². The van der Waals surface area contributed by atoms with Crippen molar-refractivity contribution in [3.63, 3.8) is 0 Å². The number of nitrogens with zero attached hydrogens (tertiary/aromatic N) is 4. The molecule has 2 aliphatic rings. The molecule has 0 radical (unpaired) electrons. The van der Waals surface area contributed by atoms with Crippen LogP contribution in [-0.4, -0.2) is 92.8 Å². The number of hydrogen-bond donors (Lipinski definition) is 1. The summed E-state index contributed by atoms with van der Waals surface area (Å²) in [7, 11) is 3.19. The average molecular weight is 333 g/mol. The topological polar surface area (TPSA) is 34.1 Å². The molecule has 1 saturated heterocycles. The van der Waals surface area contributed by atoms with Crippen LogP contribution in [0.25, 0.3) is 0 Å². The molecule has 2 aliphatic heterocycles. The Morgan fingerprint density at radius 1 is 1.35 bits per heavy atom. The molecular formula is C15H26F3N5. The molecule has 0 aromatic carbocycles. The molecule has 0 amide bonds. The molecule has 5 nitrogen and oxygen atoms in total. The Balaban J connectivity index is 1.71. The smallest absolute Gasteiger partial charge is 0.355 e. The fraction of sp³-hybridized carbons (Fsp3) is 0.800. The molecule has 0 bridgehead atoms. The number of nitrogens with one attached hydrogen (secondary N) is 1. The first-order chi connectivity index (χ1) is 10.9. The minimum atomic E-state index is -4.15. The second-order valence-electron chi connectivity index (χ2n) is 6.14. The first kappa shape index (κ1) is 18.1. The predicted octanol–water partition coefficient (Wildman–Crippen LogP) is 1.00. The quantitative estimate of drug-likeness (QED) is 0.462. The highest BCUT2D eigenvalue weighted by Gasteiger charge is 2.30. The van der Waals surface area contributed by atoms with E-state index in [1.807, 2.05) is 0 Å². The number of likely N-dealkylation sites (N-methyl/N-ethyl adjacent to an activating group) is 1. The van der Waals surface area contributed by atoms with Gasteiger partial charge in [-0.2, -0.15) is 13.2 Å². The summed E-state index contributed by atoms with van der Waals surface area (Å²) in [5, 5.41) is 3.17. The van der Waals surface area contributed by atoms with Crippen LogP contribution in [-0.2, 0) is 0 Å². The van der Waals surface area contributed by atoms with E-state index in [2.05, 4.69) is 32.3 Å². The molecule has 2 heterocycles. The Labute approximate surface area is 135 Å². The summed E-state index contributed by atoms with van der Waals surface area (Å²) >= 11 is 0. The highest BCUT2D eigenvalue weighted by Crippen LogP contribution is 2.18. The van der Waals surface area contributed by atoms with Gasteiger partial charge in [0.05, 0.1) is 6.54 Å². The summed E-state index contributed by atoms with van der Waals surface area (Å²) in [5.41, 5.74) is 0. The van der Waals surface area contributed by atoms with E-state index in [9.17, 15) is 13.2 Å². The Morgan fingerprint density at radius 3 is 2.65 bits per heavy atom. The van der Waals surface area contributed by atoms with Gasteiger partial charge in [-0.15, -0.1) is 0 Å². The minimum Gasteiger partial charge on any atom is -0.355 e. The highest BCUT2D eigenvalue weighted by molar-refractivity contribution is 5.80. The van der Waals surface area contributed by atoms with Gasteiger partial charge in [0.15, 0.2) is 5.96 Å². The first-order valence-corrected chi connectivity index (χ1v) is 7.99. The third kappa shape index (κ3) is 5.69. The van der Waals surface area contributed by atoms with E-state index in [4.69, 9.17) is 0 Å². The third-order valence-corrected chi connectivity index (χ3v) is 4.26. The lowest BCUT2D eigenvalue weighted by Gasteiger charge is -2.26. The fourth-order valence-corrected chi connectivity index (χ4v) is 3.10. The third-order valence-electron chi connectivity index (χ3n) is 4.26. The van der Waals surface area contributed by atoms with Crippen LogP contribution in [0.1, 0.15) is 6.42 Å². The first-order valence-electron chi connectivity index (χ1n) is 7.99. The largest absolute Gasteiger partial charge is 0.401 e. The normalized spacial score (nSPS) is 23.3. The summed E-state index contributed by atoms with van der Waals surface area (Å²) in [6, 6.07) is 0.524. The number of guanidine groups is 1. The molecule has 0 spiro atoms. The monoisotopic (exact) mass is 333 g/mol. The standard InChI is InChI=1S/C15H26F3N5/c1-19-14(20-6-10-21(2)12-15(16,17)18)23-9-5-13(11-23)22-7-3-4-8-22/h3-4,13H,5-12H2,1-2H3,(H,19,20). The Hall–Kier alpha value is -1.28. The lowest BCUT2D eigenvalue weighted by atomic mass is 10.2. The molecule has 2 rings (SSSR count). The van der Waals surface area contributed by atoms with E-state index < -0.39 is 12.7 Å². The predicted molar refractivity (Wildman–Crippen MR) is 85.6 cm³/mol. The van der Waals surface area contributed by atoms with Gasteiger partial charge in [-0.1, -0.05) is 12.2 Å². The molecule has 1 atom stereocenters. The number of halogens is 3. The number of rotatable bonds is 5. The van der Waals surface area contributed by atoms with E-state index in [1.165, 1.54) is 11.9 Å². The molecular weight excluding hydrogens is 307 g/mol. The molecule has 8 heteroatoms. The molecule has 1 N–H and O–H groups in total. The van der Waals surface area contributed by atoms with E-state index in [-0.39, 0.29) is 0 Å². The summed E-state index contributed by atoms with van der Waals surface area (Å²) < 4.78 is 36.9. The summed E-state index contributed by atoms with van der Waals surface area (Å²) in [4.78, 5) is 10.1. The number of aliphatic imine (C=N–C) groups is 1. The second-order valence-corrected chi connectivity index (χ2v) is 6.14. The van der Waals surface area contributed by atoms with Crippen molar-refractivity contribution in [1.29, 1.82) is 0 Å². The van der Waals surface area contributed by atoms with Crippen LogP contribution in [0.5, 0.6) is 0 Å². The molecule has 0 aromatic heterocycles. The number of likely N-dealkylation sites (tertiary alicyclic amines) is 1. The van der Waals surface area contributed by atoms with Crippen molar-refractivity contribution >= 4 is 5.96 Å². The van der Waals surface area contributed by atoms with Crippen molar-refractivity contribution in [2.75, 3.05) is 59.9 Å². The van der Waals surface area contributed by atoms with Crippen LogP contribution in [0, 0.1) is 0 Å². The lowest BCUT2D eigenvalue weighted by molar-refractivity contribution is -0.142. The van der Waals surface area contributed by atoms with Crippen molar-refractivity contribution in [2.24, 2.45) is 4.99 Å². The Kier molecular flexibility index (Phi) is 6.29. The molecule has 0 aliphatic carbocycles. The van der Waals surface area contributed by atoms with Crippen LogP contribution >= 0.6 is 0 Å². The van der Waals surface area contributed by atoms with Crippen LogP contribution in [0.15, 0.2) is 17.1 Å². The van der Waals surface area contributed by atoms with Gasteiger partial charge in [0.1, 0.15) is 0 Å². The van der Waals surface area contributed by atoms with Crippen LogP contribution in [0.4, 0.5) is 13.2 Å². The van der Waals surface area contributed by atoms with Gasteiger partial charge < -0.3 is 10.2 Å². The maximum atomic E-state index is 12.3. The molecule has 132 valence electrons. The summed E-state index contributed by atoms with van der Waals surface area (Å²) in [5.74, 6) is 0.778. The van der Waals surface area contributed by atoms with E-state index in [0.717, 1.165) is 38.6 Å². The van der Waals surface area contributed by atoms with Crippen molar-refractivity contribution in [2.45, 2.75) is 18.6 Å². The van der Waals surface area contributed by atoms with Gasteiger partial charge in [-0.3, -0.25) is 14.8 Å². The number of alkyl halides is 3. The second kappa shape index (κ2) is 8.01. The average Bonchev–Trinajstić information content (AvgIpc) is 3.11. The summed E-state index contributed by atoms with van der Waals surface area (Å²) in [6.45, 7) is 3.75. The molecule has 1 fully saturated rings. The minimum absolute atomic E-state index is 0.325. The van der Waals surface area contributed by atoms with Gasteiger partial charge in [0.25, 0.3) is 0 Å². The SMILES string of the molecule is CN=C(NCCN(C)CC(F)(F)F)N1CCC(N2CC=CC2)C1. The molecule has 23 heavy (non-hydrogen) atoms. The van der Waals surface area contributed by atoms with Gasteiger partial charge >= 0.3 is 6.18 Å². The Morgan fingerprint density at radius 2 is 2.04 bits per heavy atom. The van der Waals surface area contributed by atoms with Crippen molar-refractivity contribution in [3.8, 4) is 0 Å². The number of hydrogen-bond acceptors (Lipinski definition) is 3. The van der Waals surface area contributed by atoms with E-state index in [1.54, 1.807) is 7.05 Å². The summed E-state index contributed by atoms with van der Waals surface area (Å²) in [6.07, 6.45) is 1.32. The zero-order chi connectivity index (χ0) is 16.9. The van der Waals surface area contributed by atoms with Gasteiger partial charge in [0.2, 0.25) is 0 Å². The maximum absolute atomic E-state index is 12.3. The maximum Gasteiger partial charge on any atom is 0.401 e. The zero-order valence-electron chi connectivity index (χ0n) is 13.8. The van der Waals surface area contributed by atoms with Crippen molar-refractivity contribution < 1.29 is 13.2 Å². The van der Waals surface area contributed by atoms with Crippen LogP contribution < -0.4 is 5.32 Å². The molecule has 1 unspecified atom stereocenters. The van der Waals surface area contributed by atoms with Crippen LogP contribution in [0.2, 0.25) is 0 Å². The van der Waals surface area contributed by atoms with Crippen LogP contribution in [0.3, 0.4) is 0 Å².